The standard InChI is InChI=1S/C13H21NOS/c1-3-9-14-10-6-11-16-13-8-5-4-7-12(13)15-2/h4-5,7-8,14H,3,6,9-11H2,1-2H3. The Hall–Kier alpha value is -0.670. The first kappa shape index (κ1) is 13.4. The number of para-hydroxylation sites is 1. The Morgan fingerprint density at radius 2 is 2.06 bits per heavy atom. The lowest BCUT2D eigenvalue weighted by atomic mass is 10.3. The van der Waals surface area contributed by atoms with Gasteiger partial charge in [0, 0.05) is 4.90 Å². The van der Waals surface area contributed by atoms with E-state index in [9.17, 15) is 0 Å². The van der Waals surface area contributed by atoms with Gasteiger partial charge in [0.1, 0.15) is 5.75 Å². The fourth-order valence-electron chi connectivity index (χ4n) is 1.42. The number of thioether (sulfide) groups is 1. The van der Waals surface area contributed by atoms with Crippen molar-refractivity contribution in [3.63, 3.8) is 0 Å². The van der Waals surface area contributed by atoms with Gasteiger partial charge in [-0.05, 0) is 43.8 Å². The Labute approximate surface area is 103 Å². The minimum absolute atomic E-state index is 0.981. The molecule has 0 unspecified atom stereocenters. The molecular formula is C13H21NOS. The van der Waals surface area contributed by atoms with Crippen molar-refractivity contribution >= 4 is 11.8 Å². The SMILES string of the molecule is CCCNCCCSc1ccccc1OC. The summed E-state index contributed by atoms with van der Waals surface area (Å²) in [6.07, 6.45) is 2.41. The summed E-state index contributed by atoms with van der Waals surface area (Å²) in [7, 11) is 1.72. The zero-order valence-corrected chi connectivity index (χ0v) is 11.0. The van der Waals surface area contributed by atoms with Crippen LogP contribution in [0.3, 0.4) is 0 Å². The molecular weight excluding hydrogens is 218 g/mol. The lowest BCUT2D eigenvalue weighted by Gasteiger charge is -2.07. The van der Waals surface area contributed by atoms with Gasteiger partial charge in [-0.1, -0.05) is 19.1 Å². The average Bonchev–Trinajstić information content (AvgIpc) is 2.34. The van der Waals surface area contributed by atoms with Crippen LogP contribution in [0.4, 0.5) is 0 Å². The van der Waals surface area contributed by atoms with Crippen LogP contribution < -0.4 is 10.1 Å². The fraction of sp³-hybridized carbons (Fsp3) is 0.538. The minimum Gasteiger partial charge on any atom is -0.496 e. The van der Waals surface area contributed by atoms with E-state index in [0.29, 0.717) is 0 Å². The number of methoxy groups -OCH3 is 1. The van der Waals surface area contributed by atoms with Crippen molar-refractivity contribution in [1.29, 1.82) is 0 Å². The number of nitrogens with one attached hydrogen (secondary N) is 1. The second-order valence-corrected chi connectivity index (χ2v) is 4.74. The van der Waals surface area contributed by atoms with E-state index in [1.165, 1.54) is 17.7 Å². The van der Waals surface area contributed by atoms with Crippen molar-refractivity contribution in [2.75, 3.05) is 26.0 Å². The van der Waals surface area contributed by atoms with Crippen LogP contribution in [0.2, 0.25) is 0 Å². The van der Waals surface area contributed by atoms with Gasteiger partial charge in [-0.2, -0.15) is 0 Å². The van der Waals surface area contributed by atoms with Gasteiger partial charge < -0.3 is 10.1 Å². The molecule has 16 heavy (non-hydrogen) atoms. The molecule has 1 rings (SSSR count). The van der Waals surface area contributed by atoms with Crippen molar-refractivity contribution in [1.82, 2.24) is 5.32 Å². The first-order valence-corrected chi connectivity index (χ1v) is 6.83. The van der Waals surface area contributed by atoms with E-state index in [1.54, 1.807) is 7.11 Å². The van der Waals surface area contributed by atoms with Crippen molar-refractivity contribution in [3.05, 3.63) is 24.3 Å². The van der Waals surface area contributed by atoms with Gasteiger partial charge in [-0.15, -0.1) is 11.8 Å². The highest BCUT2D eigenvalue weighted by Gasteiger charge is 2.01. The third-order valence-corrected chi connectivity index (χ3v) is 3.39. The second-order valence-electron chi connectivity index (χ2n) is 3.60. The topological polar surface area (TPSA) is 21.3 Å². The number of rotatable bonds is 8. The molecule has 0 radical (unpaired) electrons. The van der Waals surface area contributed by atoms with Crippen molar-refractivity contribution in [2.45, 2.75) is 24.7 Å². The maximum absolute atomic E-state index is 5.30. The smallest absolute Gasteiger partial charge is 0.132 e. The third kappa shape index (κ3) is 4.90. The molecule has 0 amide bonds. The Balaban J connectivity index is 2.21. The summed E-state index contributed by atoms with van der Waals surface area (Å²) in [6.45, 7) is 4.42. The molecule has 0 bridgehead atoms. The highest BCUT2D eigenvalue weighted by molar-refractivity contribution is 7.99. The molecule has 2 nitrogen and oxygen atoms in total. The van der Waals surface area contributed by atoms with Gasteiger partial charge in [-0.25, -0.2) is 0 Å². The van der Waals surface area contributed by atoms with Gasteiger partial charge in [0.15, 0.2) is 0 Å². The van der Waals surface area contributed by atoms with Crippen LogP contribution in [0, 0.1) is 0 Å². The summed E-state index contributed by atoms with van der Waals surface area (Å²) in [5.41, 5.74) is 0. The fourth-order valence-corrected chi connectivity index (χ4v) is 2.40. The first-order chi connectivity index (χ1) is 7.88. The van der Waals surface area contributed by atoms with Crippen molar-refractivity contribution in [2.24, 2.45) is 0 Å². The molecule has 0 aliphatic rings. The summed E-state index contributed by atoms with van der Waals surface area (Å²) in [6, 6.07) is 8.19. The predicted molar refractivity (Wildman–Crippen MR) is 71.5 cm³/mol. The monoisotopic (exact) mass is 239 g/mol. The largest absolute Gasteiger partial charge is 0.496 e. The predicted octanol–water partition coefficient (Wildman–Crippen LogP) is 3.18. The van der Waals surface area contributed by atoms with Gasteiger partial charge in [-0.3, -0.25) is 0 Å². The van der Waals surface area contributed by atoms with Crippen LogP contribution in [0.25, 0.3) is 0 Å². The van der Waals surface area contributed by atoms with Crippen LogP contribution in [0.1, 0.15) is 19.8 Å². The summed E-state index contributed by atoms with van der Waals surface area (Å²) >= 11 is 1.86. The third-order valence-electron chi connectivity index (χ3n) is 2.25. The summed E-state index contributed by atoms with van der Waals surface area (Å²) in [5, 5.41) is 3.41. The van der Waals surface area contributed by atoms with Gasteiger partial charge in [0.2, 0.25) is 0 Å². The van der Waals surface area contributed by atoms with E-state index in [2.05, 4.69) is 24.4 Å². The molecule has 1 aromatic carbocycles. The van der Waals surface area contributed by atoms with E-state index < -0.39 is 0 Å². The van der Waals surface area contributed by atoms with E-state index in [1.807, 2.05) is 23.9 Å². The zero-order chi connectivity index (χ0) is 11.6. The van der Waals surface area contributed by atoms with E-state index in [-0.39, 0.29) is 0 Å². The highest BCUT2D eigenvalue weighted by Crippen LogP contribution is 2.28. The maximum atomic E-state index is 5.30. The molecule has 0 atom stereocenters. The van der Waals surface area contributed by atoms with Gasteiger partial charge in [0.25, 0.3) is 0 Å². The van der Waals surface area contributed by atoms with Crippen LogP contribution in [-0.4, -0.2) is 26.0 Å². The Bertz CT molecular complexity index is 291. The quantitative estimate of drug-likeness (QED) is 0.556. The molecule has 0 aliphatic carbocycles. The molecule has 0 aliphatic heterocycles. The Morgan fingerprint density at radius 1 is 1.25 bits per heavy atom. The normalized spacial score (nSPS) is 10.4. The molecule has 0 fully saturated rings. The zero-order valence-electron chi connectivity index (χ0n) is 10.2. The van der Waals surface area contributed by atoms with Crippen LogP contribution >= 0.6 is 11.8 Å². The van der Waals surface area contributed by atoms with Crippen molar-refractivity contribution in [3.8, 4) is 5.75 Å². The van der Waals surface area contributed by atoms with Crippen LogP contribution in [-0.2, 0) is 0 Å². The molecule has 0 saturated heterocycles. The van der Waals surface area contributed by atoms with Crippen molar-refractivity contribution < 1.29 is 4.74 Å². The first-order valence-electron chi connectivity index (χ1n) is 5.85. The van der Waals surface area contributed by atoms with E-state index in [4.69, 9.17) is 4.74 Å². The number of ether oxygens (including phenoxy) is 1. The molecule has 0 aromatic heterocycles. The van der Waals surface area contributed by atoms with Crippen LogP contribution in [0.5, 0.6) is 5.75 Å². The molecule has 0 spiro atoms. The molecule has 1 N–H and O–H groups in total. The summed E-state index contributed by atoms with van der Waals surface area (Å²) in [5.74, 6) is 2.12. The summed E-state index contributed by atoms with van der Waals surface area (Å²) < 4.78 is 5.30. The highest BCUT2D eigenvalue weighted by atomic mass is 32.2. The van der Waals surface area contributed by atoms with E-state index >= 15 is 0 Å². The number of hydrogen-bond acceptors (Lipinski definition) is 3. The number of benzene rings is 1. The van der Waals surface area contributed by atoms with E-state index in [0.717, 1.165) is 24.6 Å². The molecule has 1 aromatic rings. The van der Waals surface area contributed by atoms with Gasteiger partial charge >= 0.3 is 0 Å². The lowest BCUT2D eigenvalue weighted by Crippen LogP contribution is -2.16. The molecule has 0 heterocycles. The van der Waals surface area contributed by atoms with Gasteiger partial charge in [0.05, 0.1) is 7.11 Å². The molecule has 0 saturated carbocycles. The summed E-state index contributed by atoms with van der Waals surface area (Å²) in [4.78, 5) is 1.24. The second kappa shape index (κ2) is 8.48. The lowest BCUT2D eigenvalue weighted by molar-refractivity contribution is 0.405. The maximum Gasteiger partial charge on any atom is 0.132 e. The molecule has 3 heteroatoms. The average molecular weight is 239 g/mol. The Kier molecular flexibility index (Phi) is 7.10. The number of hydrogen-bond donors (Lipinski definition) is 1. The Morgan fingerprint density at radius 3 is 2.81 bits per heavy atom. The van der Waals surface area contributed by atoms with Crippen LogP contribution in [0.15, 0.2) is 29.2 Å². The minimum atomic E-state index is 0.981. The molecule has 90 valence electrons.